The summed E-state index contributed by atoms with van der Waals surface area (Å²) in [5.74, 6) is -0.147. The highest BCUT2D eigenvalue weighted by molar-refractivity contribution is 5.76. The van der Waals surface area contributed by atoms with E-state index in [0.29, 0.717) is 12.8 Å². The molecule has 0 fully saturated rings. The summed E-state index contributed by atoms with van der Waals surface area (Å²) in [5.41, 5.74) is 0. The first-order valence-electron chi connectivity index (χ1n) is 23.6. The second kappa shape index (κ2) is 43.6. The van der Waals surface area contributed by atoms with E-state index in [2.05, 4.69) is 43.5 Å². The monoisotopic (exact) mass is 748 g/mol. The molecule has 0 aliphatic rings. The third kappa shape index (κ3) is 38.9. The number of nitrogens with one attached hydrogen (secondary N) is 1. The van der Waals surface area contributed by atoms with E-state index < -0.39 is 18.2 Å². The Morgan fingerprint density at radius 3 is 1.19 bits per heavy atom. The van der Waals surface area contributed by atoms with Crippen LogP contribution in [0.15, 0.2) is 24.3 Å². The molecule has 0 heterocycles. The Labute approximate surface area is 331 Å². The molecule has 3 atom stereocenters. The van der Waals surface area contributed by atoms with Gasteiger partial charge >= 0.3 is 0 Å². The summed E-state index contributed by atoms with van der Waals surface area (Å²) in [5, 5.41) is 33.6. The van der Waals surface area contributed by atoms with Crippen LogP contribution < -0.4 is 5.32 Å². The smallest absolute Gasteiger partial charge is 0.220 e. The van der Waals surface area contributed by atoms with Gasteiger partial charge in [0.05, 0.1) is 18.8 Å². The zero-order valence-corrected chi connectivity index (χ0v) is 35.7. The molecule has 0 rings (SSSR count). The number of hydrogen-bond acceptors (Lipinski definition) is 4. The molecule has 5 heteroatoms. The fourth-order valence-corrected chi connectivity index (χ4v) is 7.37. The van der Waals surface area contributed by atoms with Crippen molar-refractivity contribution in [2.45, 2.75) is 270 Å². The normalized spacial score (nSPS) is 13.7. The van der Waals surface area contributed by atoms with Crippen LogP contribution in [0.25, 0.3) is 0 Å². The zero-order chi connectivity index (χ0) is 38.7. The van der Waals surface area contributed by atoms with Crippen molar-refractivity contribution < 1.29 is 20.1 Å². The van der Waals surface area contributed by atoms with E-state index in [1.165, 1.54) is 180 Å². The zero-order valence-electron chi connectivity index (χ0n) is 35.7. The molecule has 0 aliphatic heterocycles. The third-order valence-electron chi connectivity index (χ3n) is 11.1. The Morgan fingerprint density at radius 1 is 0.472 bits per heavy atom. The van der Waals surface area contributed by atoms with E-state index in [1.54, 1.807) is 0 Å². The van der Waals surface area contributed by atoms with E-state index >= 15 is 0 Å². The maximum Gasteiger partial charge on any atom is 0.220 e. The number of aliphatic hydroxyl groups excluding tert-OH is 3. The first kappa shape index (κ1) is 51.8. The number of amides is 1. The quantitative estimate of drug-likeness (QED) is 0.0369. The molecule has 0 spiro atoms. The Bertz CT molecular complexity index is 784. The topological polar surface area (TPSA) is 89.8 Å². The number of allylic oxidation sites excluding steroid dienone is 4. The predicted octanol–water partition coefficient (Wildman–Crippen LogP) is 13.8. The lowest BCUT2D eigenvalue weighted by Gasteiger charge is -2.26. The fraction of sp³-hybridized carbons (Fsp3) is 0.896. The molecule has 0 aromatic rings. The number of hydrogen-bond donors (Lipinski definition) is 4. The molecule has 0 saturated heterocycles. The van der Waals surface area contributed by atoms with Gasteiger partial charge in [-0.1, -0.05) is 224 Å². The molecule has 0 saturated carbocycles. The first-order valence-corrected chi connectivity index (χ1v) is 23.6. The molecule has 0 aliphatic carbocycles. The van der Waals surface area contributed by atoms with Crippen molar-refractivity contribution in [2.75, 3.05) is 6.61 Å². The molecule has 0 aromatic heterocycles. The van der Waals surface area contributed by atoms with Crippen molar-refractivity contribution in [3.8, 4) is 0 Å². The third-order valence-corrected chi connectivity index (χ3v) is 11.1. The van der Waals surface area contributed by atoms with Crippen LogP contribution in [0.2, 0.25) is 0 Å². The standard InChI is InChI=1S/C48H93NO4/c1-3-5-7-9-11-13-15-17-19-20-21-22-23-24-25-26-27-28-29-31-33-35-37-39-41-43-47(52)49-45(44-50)48(53)46(51)42-40-38-36-34-32-30-18-16-14-12-10-8-6-4-2/h21-22,24-25,45-46,48,50-51,53H,3-20,23,26-44H2,1-2H3,(H,49,52)/b22-21-,25-24-. The van der Waals surface area contributed by atoms with Gasteiger partial charge in [-0.3, -0.25) is 4.79 Å². The van der Waals surface area contributed by atoms with Crippen molar-refractivity contribution in [3.63, 3.8) is 0 Å². The van der Waals surface area contributed by atoms with Crippen molar-refractivity contribution in [1.29, 1.82) is 0 Å². The second-order valence-electron chi connectivity index (χ2n) is 16.3. The lowest BCUT2D eigenvalue weighted by molar-refractivity contribution is -0.124. The van der Waals surface area contributed by atoms with Crippen LogP contribution in [0, 0.1) is 0 Å². The number of rotatable bonds is 43. The van der Waals surface area contributed by atoms with Crippen LogP contribution >= 0.6 is 0 Å². The molecule has 0 aromatic carbocycles. The van der Waals surface area contributed by atoms with E-state index in [1.807, 2.05) is 0 Å². The van der Waals surface area contributed by atoms with Gasteiger partial charge in [-0.2, -0.15) is 0 Å². The number of carbonyl (C=O) groups is 1. The predicted molar refractivity (Wildman–Crippen MR) is 231 cm³/mol. The Balaban J connectivity index is 3.59. The molecule has 3 unspecified atom stereocenters. The van der Waals surface area contributed by atoms with Gasteiger partial charge in [0.25, 0.3) is 0 Å². The van der Waals surface area contributed by atoms with Crippen LogP contribution in [-0.4, -0.2) is 46.1 Å². The molecule has 0 bridgehead atoms. The fourth-order valence-electron chi connectivity index (χ4n) is 7.37. The summed E-state index contributed by atoms with van der Waals surface area (Å²) in [6.45, 7) is 4.19. The molecule has 4 N–H and O–H groups in total. The molecular weight excluding hydrogens is 655 g/mol. The maximum absolute atomic E-state index is 12.4. The van der Waals surface area contributed by atoms with E-state index in [9.17, 15) is 20.1 Å². The molecule has 0 radical (unpaired) electrons. The van der Waals surface area contributed by atoms with Crippen molar-refractivity contribution in [3.05, 3.63) is 24.3 Å². The van der Waals surface area contributed by atoms with Crippen molar-refractivity contribution in [1.82, 2.24) is 5.32 Å². The van der Waals surface area contributed by atoms with Gasteiger partial charge in [0.2, 0.25) is 5.91 Å². The number of unbranched alkanes of at least 4 members (excludes halogenated alkanes) is 31. The van der Waals surface area contributed by atoms with Gasteiger partial charge in [-0.25, -0.2) is 0 Å². The number of carbonyl (C=O) groups excluding carboxylic acids is 1. The average molecular weight is 748 g/mol. The molecule has 314 valence electrons. The molecule has 1 amide bonds. The van der Waals surface area contributed by atoms with Gasteiger partial charge in [0.1, 0.15) is 6.10 Å². The first-order chi connectivity index (χ1) is 26.1. The summed E-state index contributed by atoms with van der Waals surface area (Å²) in [6, 6.07) is -0.810. The van der Waals surface area contributed by atoms with E-state index in [4.69, 9.17) is 0 Å². The van der Waals surface area contributed by atoms with Crippen LogP contribution in [0.3, 0.4) is 0 Å². The van der Waals surface area contributed by atoms with Gasteiger partial charge in [0.15, 0.2) is 0 Å². The van der Waals surface area contributed by atoms with E-state index in [0.717, 1.165) is 44.9 Å². The maximum atomic E-state index is 12.4. The summed E-state index contributed by atoms with van der Waals surface area (Å²) in [4.78, 5) is 12.4. The van der Waals surface area contributed by atoms with Crippen LogP contribution in [0.4, 0.5) is 0 Å². The summed E-state index contributed by atoms with van der Waals surface area (Å²) < 4.78 is 0. The van der Waals surface area contributed by atoms with Gasteiger partial charge in [-0.05, 0) is 44.9 Å². The van der Waals surface area contributed by atoms with Crippen LogP contribution in [0.1, 0.15) is 251 Å². The highest BCUT2D eigenvalue weighted by Crippen LogP contribution is 2.16. The Kier molecular flexibility index (Phi) is 42.6. The van der Waals surface area contributed by atoms with Gasteiger partial charge in [-0.15, -0.1) is 0 Å². The van der Waals surface area contributed by atoms with Crippen LogP contribution in [0.5, 0.6) is 0 Å². The number of aliphatic hydroxyl groups is 3. The second-order valence-corrected chi connectivity index (χ2v) is 16.3. The van der Waals surface area contributed by atoms with Crippen molar-refractivity contribution in [2.24, 2.45) is 0 Å². The average Bonchev–Trinajstić information content (AvgIpc) is 3.16. The summed E-state index contributed by atoms with van der Waals surface area (Å²) in [7, 11) is 0. The van der Waals surface area contributed by atoms with Gasteiger partial charge in [0, 0.05) is 6.42 Å². The summed E-state index contributed by atoms with van der Waals surface area (Å²) in [6.07, 6.45) is 52.9. The minimum atomic E-state index is -1.14. The SMILES string of the molecule is CCCCCCCCCCC/C=C\C/C=C\CCCCCCCCCCCC(=O)NC(CO)C(O)C(O)CCCCCCCCCCCCCCCC. The highest BCUT2D eigenvalue weighted by atomic mass is 16.3. The minimum absolute atomic E-state index is 0.147. The van der Waals surface area contributed by atoms with Gasteiger partial charge < -0.3 is 20.6 Å². The lowest BCUT2D eigenvalue weighted by Crippen LogP contribution is -2.50. The Hall–Kier alpha value is -1.17. The largest absolute Gasteiger partial charge is 0.394 e. The van der Waals surface area contributed by atoms with Crippen LogP contribution in [-0.2, 0) is 4.79 Å². The lowest BCUT2D eigenvalue weighted by atomic mass is 9.99. The molecular formula is C48H93NO4. The molecule has 53 heavy (non-hydrogen) atoms. The highest BCUT2D eigenvalue weighted by Gasteiger charge is 2.26. The summed E-state index contributed by atoms with van der Waals surface area (Å²) >= 11 is 0. The minimum Gasteiger partial charge on any atom is -0.394 e. The van der Waals surface area contributed by atoms with Crippen molar-refractivity contribution >= 4 is 5.91 Å². The molecule has 5 nitrogen and oxygen atoms in total. The Morgan fingerprint density at radius 2 is 0.811 bits per heavy atom. The van der Waals surface area contributed by atoms with E-state index in [-0.39, 0.29) is 12.5 Å².